The third-order valence-corrected chi connectivity index (χ3v) is 8.17. The predicted molar refractivity (Wildman–Crippen MR) is 130 cm³/mol. The van der Waals surface area contributed by atoms with Crippen LogP contribution in [0.3, 0.4) is 0 Å². The Bertz CT molecular complexity index is 1220. The first-order valence-corrected chi connectivity index (χ1v) is 13.2. The maximum absolute atomic E-state index is 12.6. The molecule has 3 aromatic rings. The quantitative estimate of drug-likeness (QED) is 0.493. The third kappa shape index (κ3) is 5.95. The Balaban J connectivity index is 1.35. The summed E-state index contributed by atoms with van der Waals surface area (Å²) in [6.45, 7) is 6.40. The van der Waals surface area contributed by atoms with Gasteiger partial charge in [-0.1, -0.05) is 48.1 Å². The van der Waals surface area contributed by atoms with E-state index in [2.05, 4.69) is 32.1 Å². The lowest BCUT2D eigenvalue weighted by Crippen LogP contribution is -2.34. The molecule has 1 aliphatic rings. The Hall–Kier alpha value is -2.82. The summed E-state index contributed by atoms with van der Waals surface area (Å²) in [7, 11) is -3.85. The summed E-state index contributed by atoms with van der Waals surface area (Å²) in [6.07, 6.45) is 2.46. The number of nitrogens with one attached hydrogen (secondary N) is 2. The van der Waals surface area contributed by atoms with E-state index in [1.807, 2.05) is 37.3 Å². The van der Waals surface area contributed by atoms with E-state index in [1.165, 1.54) is 12.8 Å². The summed E-state index contributed by atoms with van der Waals surface area (Å²) >= 11 is 0.812. The average Bonchev–Trinajstić information content (AvgIpc) is 3.28. The van der Waals surface area contributed by atoms with Crippen LogP contribution < -0.4 is 14.9 Å². The molecule has 1 amide bonds. The molecule has 0 radical (unpaired) electrons. The van der Waals surface area contributed by atoms with Gasteiger partial charge in [0.15, 0.2) is 0 Å². The van der Waals surface area contributed by atoms with Crippen LogP contribution in [0.15, 0.2) is 52.9 Å². The Labute approximate surface area is 198 Å². The van der Waals surface area contributed by atoms with Crippen molar-refractivity contribution in [3.8, 4) is 0 Å². The number of piperidine rings is 1. The molecule has 0 aliphatic carbocycles. The highest BCUT2D eigenvalue weighted by molar-refractivity contribution is 7.91. The second-order valence-electron chi connectivity index (χ2n) is 8.38. The van der Waals surface area contributed by atoms with Gasteiger partial charge in [0.25, 0.3) is 15.9 Å². The van der Waals surface area contributed by atoms with Crippen molar-refractivity contribution in [1.82, 2.24) is 14.9 Å². The summed E-state index contributed by atoms with van der Waals surface area (Å²) in [5.74, 6) is 0.318. The normalized spacial score (nSPS) is 16.5. The van der Waals surface area contributed by atoms with Gasteiger partial charge in [-0.3, -0.25) is 10.1 Å². The lowest BCUT2D eigenvalue weighted by Gasteiger charge is -2.32. The molecule has 33 heavy (non-hydrogen) atoms. The van der Waals surface area contributed by atoms with Gasteiger partial charge >= 0.3 is 0 Å². The summed E-state index contributed by atoms with van der Waals surface area (Å²) in [4.78, 5) is 14.7. The number of carbonyl (C=O) groups excluding carboxylic acids is 1. The van der Waals surface area contributed by atoms with E-state index in [9.17, 15) is 13.2 Å². The van der Waals surface area contributed by atoms with Gasteiger partial charge in [0.2, 0.25) is 9.47 Å². The predicted octanol–water partition coefficient (Wildman–Crippen LogP) is 3.81. The van der Waals surface area contributed by atoms with E-state index >= 15 is 0 Å². The van der Waals surface area contributed by atoms with E-state index in [4.69, 9.17) is 0 Å². The second-order valence-corrected chi connectivity index (χ2v) is 11.3. The maximum atomic E-state index is 12.6. The van der Waals surface area contributed by atoms with Gasteiger partial charge in [0.1, 0.15) is 0 Å². The van der Waals surface area contributed by atoms with Crippen molar-refractivity contribution < 1.29 is 13.2 Å². The first kappa shape index (κ1) is 23.3. The van der Waals surface area contributed by atoms with Crippen LogP contribution in [0.4, 0.5) is 10.8 Å². The molecule has 1 fully saturated rings. The van der Waals surface area contributed by atoms with E-state index < -0.39 is 10.0 Å². The number of aryl methyl sites for hydroxylation is 1. The Morgan fingerprint density at radius 1 is 1.18 bits per heavy atom. The molecule has 0 saturated carbocycles. The molecular weight excluding hydrogens is 458 g/mol. The number of amides is 1. The van der Waals surface area contributed by atoms with Crippen LogP contribution in [0.1, 0.15) is 41.3 Å². The molecule has 1 saturated heterocycles. The van der Waals surface area contributed by atoms with Crippen molar-refractivity contribution in [2.45, 2.75) is 37.6 Å². The number of rotatable bonds is 7. The summed E-state index contributed by atoms with van der Waals surface area (Å²) in [5, 5.41) is 10.3. The number of carbonyl (C=O) groups is 1. The van der Waals surface area contributed by atoms with Crippen LogP contribution >= 0.6 is 11.3 Å². The zero-order valence-corrected chi connectivity index (χ0v) is 20.2. The summed E-state index contributed by atoms with van der Waals surface area (Å²) in [5.41, 5.74) is 3.43. The van der Waals surface area contributed by atoms with E-state index in [0.717, 1.165) is 41.2 Å². The van der Waals surface area contributed by atoms with E-state index in [0.29, 0.717) is 11.5 Å². The number of hydrogen-bond acceptors (Lipinski definition) is 7. The molecule has 2 N–H and O–H groups in total. The molecule has 1 aliphatic heterocycles. The van der Waals surface area contributed by atoms with Gasteiger partial charge in [-0.25, -0.2) is 13.1 Å². The number of nitrogens with zero attached hydrogens (tertiary/aromatic N) is 3. The van der Waals surface area contributed by atoms with Crippen molar-refractivity contribution in [1.29, 1.82) is 0 Å². The average molecular weight is 486 g/mol. The molecule has 2 heterocycles. The zero-order valence-electron chi connectivity index (χ0n) is 18.6. The molecule has 1 aromatic heterocycles. The smallest absolute Gasteiger partial charge is 0.270 e. The first-order valence-electron chi connectivity index (χ1n) is 10.9. The topological polar surface area (TPSA) is 104 Å². The monoisotopic (exact) mass is 485 g/mol. The lowest BCUT2D eigenvalue weighted by atomic mass is 9.99. The first-order chi connectivity index (χ1) is 15.8. The van der Waals surface area contributed by atoms with Crippen molar-refractivity contribution in [2.24, 2.45) is 5.92 Å². The number of sulfonamides is 1. The van der Waals surface area contributed by atoms with Crippen LogP contribution in [-0.2, 0) is 16.6 Å². The highest BCUT2D eigenvalue weighted by atomic mass is 32.2. The van der Waals surface area contributed by atoms with Gasteiger partial charge in [-0.05, 0) is 55.5 Å². The van der Waals surface area contributed by atoms with E-state index in [1.54, 1.807) is 18.2 Å². The minimum Gasteiger partial charge on any atom is -0.371 e. The van der Waals surface area contributed by atoms with Crippen molar-refractivity contribution >= 4 is 38.1 Å². The van der Waals surface area contributed by atoms with Crippen LogP contribution in [0, 0.1) is 12.8 Å². The minimum absolute atomic E-state index is 0.127. The molecule has 0 spiro atoms. The molecule has 2 aromatic carbocycles. The van der Waals surface area contributed by atoms with E-state index in [-0.39, 0.29) is 21.9 Å². The van der Waals surface area contributed by atoms with Crippen LogP contribution in [-0.4, -0.2) is 37.6 Å². The highest BCUT2D eigenvalue weighted by Crippen LogP contribution is 2.24. The van der Waals surface area contributed by atoms with Crippen molar-refractivity contribution in [3.05, 3.63) is 65.2 Å². The Morgan fingerprint density at radius 3 is 2.70 bits per heavy atom. The fourth-order valence-corrected chi connectivity index (χ4v) is 5.77. The molecular formula is C23H27N5O3S2. The molecule has 4 rings (SSSR count). The SMILES string of the molecule is Cc1cccc(C(=O)Nc2nnc(S(=O)(=O)NCc3ccc(N4CCC[C@H](C)C4)cc3)s2)c1. The fraction of sp³-hybridized carbons (Fsp3) is 0.348. The number of benzene rings is 2. The molecule has 174 valence electrons. The van der Waals surface area contributed by atoms with Crippen LogP contribution in [0.25, 0.3) is 0 Å². The second kappa shape index (κ2) is 9.98. The summed E-state index contributed by atoms with van der Waals surface area (Å²) < 4.78 is 27.7. The largest absolute Gasteiger partial charge is 0.371 e. The number of aromatic nitrogens is 2. The van der Waals surface area contributed by atoms with Gasteiger partial charge in [0, 0.05) is 30.9 Å². The molecule has 0 bridgehead atoms. The number of anilines is 2. The Kier molecular flexibility index (Phi) is 7.06. The minimum atomic E-state index is -3.85. The molecule has 8 nitrogen and oxygen atoms in total. The highest BCUT2D eigenvalue weighted by Gasteiger charge is 2.21. The molecule has 1 atom stereocenters. The van der Waals surface area contributed by atoms with Gasteiger partial charge in [-0.15, -0.1) is 10.2 Å². The molecule has 10 heteroatoms. The molecule has 0 unspecified atom stereocenters. The van der Waals surface area contributed by atoms with Gasteiger partial charge in [0.05, 0.1) is 0 Å². The van der Waals surface area contributed by atoms with Gasteiger partial charge < -0.3 is 4.90 Å². The van der Waals surface area contributed by atoms with Crippen molar-refractivity contribution in [3.63, 3.8) is 0 Å². The zero-order chi connectivity index (χ0) is 23.4. The van der Waals surface area contributed by atoms with Crippen LogP contribution in [0.5, 0.6) is 0 Å². The van der Waals surface area contributed by atoms with Crippen LogP contribution in [0.2, 0.25) is 0 Å². The standard InChI is InChI=1S/C23H27N5O3S2/c1-16-5-3-7-19(13-16)21(29)25-22-26-27-23(32-22)33(30,31)24-14-18-8-10-20(11-9-18)28-12-4-6-17(2)15-28/h3,5,7-11,13,17,24H,4,6,12,14-15H2,1-2H3,(H,25,26,29)/t17-/m0/s1. The third-order valence-electron chi connectivity index (χ3n) is 5.56. The summed E-state index contributed by atoms with van der Waals surface area (Å²) in [6, 6.07) is 15.0. The fourth-order valence-electron chi connectivity index (χ4n) is 3.81. The number of hydrogen-bond donors (Lipinski definition) is 2. The van der Waals surface area contributed by atoms with Crippen molar-refractivity contribution in [2.75, 3.05) is 23.3 Å². The van der Waals surface area contributed by atoms with Gasteiger partial charge in [-0.2, -0.15) is 0 Å². The lowest BCUT2D eigenvalue weighted by molar-refractivity contribution is 0.102. The Morgan fingerprint density at radius 2 is 1.97 bits per heavy atom. The maximum Gasteiger partial charge on any atom is 0.270 e.